The lowest BCUT2D eigenvalue weighted by atomic mass is 9.82. The number of halogens is 4. The molecule has 2 aromatic heterocycles. The summed E-state index contributed by atoms with van der Waals surface area (Å²) in [5.74, 6) is -0.641. The van der Waals surface area contributed by atoms with Crippen molar-refractivity contribution in [1.82, 2.24) is 25.2 Å². The topological polar surface area (TPSA) is 115 Å². The summed E-state index contributed by atoms with van der Waals surface area (Å²) in [7, 11) is 0. The van der Waals surface area contributed by atoms with Crippen LogP contribution in [0.3, 0.4) is 0 Å². The van der Waals surface area contributed by atoms with E-state index in [4.69, 9.17) is 21.4 Å². The number of para-hydroxylation sites is 1. The number of rotatable bonds is 6. The Morgan fingerprint density at radius 1 is 1.17 bits per heavy atom. The van der Waals surface area contributed by atoms with Crippen LogP contribution in [0, 0.1) is 0 Å². The molecule has 15 heteroatoms. The maximum atomic E-state index is 13.2. The number of thiazole rings is 1. The van der Waals surface area contributed by atoms with E-state index in [1.165, 1.54) is 23.5 Å². The normalized spacial score (nSPS) is 16.2. The first kappa shape index (κ1) is 27.0. The average molecular weight is 605 g/mol. The summed E-state index contributed by atoms with van der Waals surface area (Å²) in [4.78, 5) is 19.1. The second-order valence-corrected chi connectivity index (χ2v) is 10.8. The molecular weight excluding hydrogens is 585 g/mol. The van der Waals surface area contributed by atoms with Crippen LogP contribution in [0.5, 0.6) is 11.5 Å². The molecule has 2 aliphatic rings. The van der Waals surface area contributed by atoms with Crippen LogP contribution in [0.15, 0.2) is 54.7 Å². The van der Waals surface area contributed by atoms with Gasteiger partial charge in [0.05, 0.1) is 16.1 Å². The monoisotopic (exact) mass is 604 g/mol. The van der Waals surface area contributed by atoms with Crippen molar-refractivity contribution in [3.8, 4) is 22.2 Å². The van der Waals surface area contributed by atoms with Crippen LogP contribution in [0.1, 0.15) is 24.0 Å². The quantitative estimate of drug-likeness (QED) is 0.313. The molecule has 1 fully saturated rings. The number of piperidine rings is 1. The number of carboxylic acid groups (broad SMARTS) is 1. The number of fused-ring (bicyclic) bond motifs is 1. The highest BCUT2D eigenvalue weighted by Crippen LogP contribution is 2.48. The first-order chi connectivity index (χ1) is 19.6. The highest BCUT2D eigenvalue weighted by molar-refractivity contribution is 7.18. The minimum absolute atomic E-state index is 0.261. The molecule has 0 saturated carbocycles. The summed E-state index contributed by atoms with van der Waals surface area (Å²) < 4.78 is 50.6. The maximum Gasteiger partial charge on any atom is 0.573 e. The van der Waals surface area contributed by atoms with Crippen LogP contribution < -0.4 is 14.4 Å². The van der Waals surface area contributed by atoms with Gasteiger partial charge in [0.2, 0.25) is 5.82 Å². The summed E-state index contributed by atoms with van der Waals surface area (Å²) in [5.41, 5.74) is 0.485. The zero-order valence-corrected chi connectivity index (χ0v) is 22.6. The molecule has 6 rings (SSSR count). The number of ether oxygens (including phenoxy) is 2. The number of nitrogens with zero attached hydrogens (tertiary/aromatic N) is 6. The second kappa shape index (κ2) is 10.3. The molecule has 2 aliphatic heterocycles. The van der Waals surface area contributed by atoms with Crippen LogP contribution in [-0.4, -0.2) is 61.3 Å². The van der Waals surface area contributed by atoms with Gasteiger partial charge in [-0.1, -0.05) is 47.2 Å². The van der Waals surface area contributed by atoms with E-state index in [1.807, 2.05) is 6.08 Å². The van der Waals surface area contributed by atoms with Gasteiger partial charge in [-0.15, -0.1) is 23.4 Å². The fourth-order valence-electron chi connectivity index (χ4n) is 4.92. The minimum atomic E-state index is -4.86. The van der Waals surface area contributed by atoms with E-state index in [0.717, 1.165) is 9.93 Å². The summed E-state index contributed by atoms with van der Waals surface area (Å²) in [6.07, 6.45) is -0.355. The van der Waals surface area contributed by atoms with Crippen molar-refractivity contribution in [3.05, 3.63) is 70.9 Å². The molecule has 0 radical (unpaired) electrons. The Labute approximate surface area is 239 Å². The highest BCUT2D eigenvalue weighted by atomic mass is 35.5. The van der Waals surface area contributed by atoms with Gasteiger partial charge in [0.15, 0.2) is 11.7 Å². The zero-order chi connectivity index (χ0) is 28.8. The molecule has 1 N–H and O–H groups in total. The summed E-state index contributed by atoms with van der Waals surface area (Å²) >= 11 is 7.88. The third-order valence-corrected chi connectivity index (χ3v) is 8.06. The van der Waals surface area contributed by atoms with Gasteiger partial charge in [-0.2, -0.15) is 4.80 Å². The van der Waals surface area contributed by atoms with E-state index in [0.29, 0.717) is 52.7 Å². The predicted molar refractivity (Wildman–Crippen MR) is 143 cm³/mol. The Kier molecular flexibility index (Phi) is 6.82. The van der Waals surface area contributed by atoms with E-state index in [2.05, 4.69) is 30.0 Å². The number of hydrogen-bond acceptors (Lipinski definition) is 9. The Hall–Kier alpha value is -4.17. The molecule has 0 atom stereocenters. The number of hydrogen-bond donors (Lipinski definition) is 1. The lowest BCUT2D eigenvalue weighted by molar-refractivity contribution is -0.274. The number of anilines is 1. The number of aliphatic carboxylic acids is 1. The average Bonchev–Trinajstić information content (AvgIpc) is 3.58. The Morgan fingerprint density at radius 2 is 1.95 bits per heavy atom. The van der Waals surface area contributed by atoms with Crippen LogP contribution >= 0.6 is 22.9 Å². The fraction of sp³-hybridized carbons (Fsp3) is 0.269. The van der Waals surface area contributed by atoms with Gasteiger partial charge in [0, 0.05) is 37.1 Å². The van der Waals surface area contributed by atoms with Crippen LogP contribution in [-0.2, 0) is 11.3 Å². The number of carbonyl (C=O) groups is 1. The predicted octanol–water partition coefficient (Wildman–Crippen LogP) is 5.30. The summed E-state index contributed by atoms with van der Waals surface area (Å²) in [6, 6.07) is 11.1. The van der Waals surface area contributed by atoms with E-state index < -0.39 is 24.5 Å². The molecule has 0 aliphatic carbocycles. The molecule has 1 spiro atoms. The van der Waals surface area contributed by atoms with Crippen molar-refractivity contribution in [2.45, 2.75) is 31.3 Å². The minimum Gasteiger partial charge on any atom is -0.482 e. The third-order valence-electron chi connectivity index (χ3n) is 6.69. The fourth-order valence-corrected chi connectivity index (χ4v) is 6.08. The molecule has 4 heterocycles. The van der Waals surface area contributed by atoms with Gasteiger partial charge in [0.25, 0.3) is 0 Å². The second-order valence-electron chi connectivity index (χ2n) is 9.41. The zero-order valence-electron chi connectivity index (χ0n) is 21.0. The molecule has 0 bridgehead atoms. The lowest BCUT2D eigenvalue weighted by Crippen LogP contribution is -2.48. The number of benzene rings is 2. The Bertz CT molecular complexity index is 1650. The van der Waals surface area contributed by atoms with Crippen molar-refractivity contribution in [1.29, 1.82) is 0 Å². The molecule has 0 amide bonds. The largest absolute Gasteiger partial charge is 0.573 e. The molecule has 2 aromatic carbocycles. The molecule has 10 nitrogen and oxygen atoms in total. The van der Waals surface area contributed by atoms with E-state index in [9.17, 15) is 18.0 Å². The molecule has 1 saturated heterocycles. The van der Waals surface area contributed by atoms with Crippen molar-refractivity contribution >= 4 is 39.6 Å². The van der Waals surface area contributed by atoms with Crippen molar-refractivity contribution in [2.24, 2.45) is 0 Å². The van der Waals surface area contributed by atoms with Gasteiger partial charge >= 0.3 is 12.3 Å². The van der Waals surface area contributed by atoms with Crippen LogP contribution in [0.4, 0.5) is 18.3 Å². The molecule has 4 aromatic rings. The lowest BCUT2D eigenvalue weighted by Gasteiger charge is -2.43. The Balaban J connectivity index is 1.27. The smallest absolute Gasteiger partial charge is 0.482 e. The van der Waals surface area contributed by atoms with E-state index in [-0.39, 0.29) is 17.1 Å². The van der Waals surface area contributed by atoms with Gasteiger partial charge in [-0.05, 0) is 35.1 Å². The number of aromatic nitrogens is 5. The number of carboxylic acids is 1. The van der Waals surface area contributed by atoms with Gasteiger partial charge in [-0.3, -0.25) is 4.79 Å². The van der Waals surface area contributed by atoms with Crippen LogP contribution in [0.2, 0.25) is 5.02 Å². The standard InChI is InChI=1S/C26H20ClF3N6O4S/c27-17-5-3-7-19-22(17)16(15-4-1-2-6-18(15)40-26(28,29)30)12-25(39-19)8-10-35(11-9-25)24-31-13-20(41-24)23-32-34-36(33-23)14-21(37)38/h1-7,12-13H,8-11,14H2,(H,37,38). The molecule has 0 unspecified atom stereocenters. The first-order valence-electron chi connectivity index (χ1n) is 12.4. The SMILES string of the molecule is O=C(O)Cn1nnc(-c2cnc(N3CCC4(C=C(c5ccccc5OC(F)(F)F)c5c(Cl)cccc5O4)CC3)s2)n1. The Morgan fingerprint density at radius 3 is 2.71 bits per heavy atom. The van der Waals surface area contributed by atoms with Crippen molar-refractivity contribution in [3.63, 3.8) is 0 Å². The highest BCUT2D eigenvalue weighted by Gasteiger charge is 2.41. The van der Waals surface area contributed by atoms with Gasteiger partial charge in [0.1, 0.15) is 17.1 Å². The van der Waals surface area contributed by atoms with Crippen LogP contribution in [0.25, 0.3) is 16.3 Å². The first-order valence-corrected chi connectivity index (χ1v) is 13.6. The van der Waals surface area contributed by atoms with Gasteiger partial charge in [-0.25, -0.2) is 4.98 Å². The van der Waals surface area contributed by atoms with Crippen molar-refractivity contribution in [2.75, 3.05) is 18.0 Å². The van der Waals surface area contributed by atoms with E-state index >= 15 is 0 Å². The maximum absolute atomic E-state index is 13.2. The number of tetrazole rings is 1. The molecular formula is C26H20ClF3N6O4S. The third kappa shape index (κ3) is 5.57. The molecule has 212 valence electrons. The summed E-state index contributed by atoms with van der Waals surface area (Å²) in [6.45, 7) is 0.697. The summed E-state index contributed by atoms with van der Waals surface area (Å²) in [5, 5.41) is 21.7. The molecule has 41 heavy (non-hydrogen) atoms. The van der Waals surface area contributed by atoms with E-state index in [1.54, 1.807) is 36.5 Å². The van der Waals surface area contributed by atoms with Crippen molar-refractivity contribution < 1.29 is 32.5 Å². The van der Waals surface area contributed by atoms with Gasteiger partial charge < -0.3 is 19.5 Å². The number of alkyl halides is 3.